The van der Waals surface area contributed by atoms with Crippen LogP contribution in [-0.4, -0.2) is 21.5 Å². The van der Waals surface area contributed by atoms with E-state index in [4.69, 9.17) is 0 Å². The van der Waals surface area contributed by atoms with Crippen molar-refractivity contribution in [1.82, 2.24) is 14.9 Å². The summed E-state index contributed by atoms with van der Waals surface area (Å²) in [6.45, 7) is 4.29. The van der Waals surface area contributed by atoms with Crippen LogP contribution in [0.25, 0.3) is 0 Å². The molecule has 0 aromatic carbocycles. The van der Waals surface area contributed by atoms with Gasteiger partial charge in [-0.1, -0.05) is 18.8 Å². The van der Waals surface area contributed by atoms with Crippen LogP contribution in [0.2, 0.25) is 0 Å². The molecule has 1 rings (SSSR count). The smallest absolute Gasteiger partial charge is 0.220 e. The molecule has 4 nitrogen and oxygen atoms in total. The van der Waals surface area contributed by atoms with Crippen molar-refractivity contribution < 1.29 is 4.79 Å². The highest BCUT2D eigenvalue weighted by Crippen LogP contribution is 1.85. The topological polar surface area (TPSA) is 46.9 Å². The number of nitrogens with one attached hydrogen (secondary N) is 1. The number of amides is 1. The largest absolute Gasteiger partial charge is 0.343 e. The fourth-order valence-electron chi connectivity index (χ4n) is 1.05. The Kier molecular flexibility index (Phi) is 4.42. The van der Waals surface area contributed by atoms with E-state index >= 15 is 0 Å². The zero-order valence-corrected chi connectivity index (χ0v) is 9.03. The van der Waals surface area contributed by atoms with Gasteiger partial charge in [-0.3, -0.25) is 4.79 Å². The molecule has 0 aliphatic carbocycles. The molecule has 1 heterocycles. The summed E-state index contributed by atoms with van der Waals surface area (Å²) < 4.78 is 1.88. The molecule has 1 aromatic heterocycles. The van der Waals surface area contributed by atoms with Crippen molar-refractivity contribution in [2.45, 2.75) is 32.9 Å². The molecule has 0 radical (unpaired) electrons. The van der Waals surface area contributed by atoms with Crippen LogP contribution >= 0.6 is 0 Å². The maximum absolute atomic E-state index is 11.0. The van der Waals surface area contributed by atoms with E-state index in [1.165, 1.54) is 0 Å². The number of carbonyl (C=O) groups excluding carboxylic acids is 1. The van der Waals surface area contributed by atoms with E-state index in [1.54, 1.807) is 12.5 Å². The van der Waals surface area contributed by atoms with Gasteiger partial charge in [0.1, 0.15) is 0 Å². The van der Waals surface area contributed by atoms with Crippen LogP contribution in [0.4, 0.5) is 0 Å². The maximum Gasteiger partial charge on any atom is 0.220 e. The Bertz CT molecular complexity index is 359. The first-order valence-electron chi connectivity index (χ1n) is 4.96. The number of carbonyl (C=O) groups is 1. The van der Waals surface area contributed by atoms with Crippen molar-refractivity contribution in [1.29, 1.82) is 0 Å². The van der Waals surface area contributed by atoms with Gasteiger partial charge in [-0.25, -0.2) is 4.98 Å². The van der Waals surface area contributed by atoms with Gasteiger partial charge in [0.15, 0.2) is 0 Å². The first-order valence-corrected chi connectivity index (χ1v) is 4.96. The van der Waals surface area contributed by atoms with Gasteiger partial charge in [0.25, 0.3) is 0 Å². The minimum atomic E-state index is -0.0963. The third kappa shape index (κ3) is 4.32. The molecule has 0 saturated carbocycles. The number of imidazole rings is 1. The monoisotopic (exact) mass is 205 g/mol. The first-order chi connectivity index (χ1) is 7.22. The Balaban J connectivity index is 2.34. The Hall–Kier alpha value is -1.76. The van der Waals surface area contributed by atoms with Crippen molar-refractivity contribution in [2.75, 3.05) is 0 Å². The summed E-state index contributed by atoms with van der Waals surface area (Å²) in [5.41, 5.74) is 0. The molecule has 0 saturated heterocycles. The number of hydrogen-bond donors (Lipinski definition) is 1. The summed E-state index contributed by atoms with van der Waals surface area (Å²) in [5, 5.41) is 2.77. The van der Waals surface area contributed by atoms with Gasteiger partial charge in [0, 0.05) is 18.8 Å². The van der Waals surface area contributed by atoms with Crippen LogP contribution in [0.5, 0.6) is 0 Å². The SMILES string of the molecule is CCC(=O)NC(C)C#CCn1ccnc1. The second-order valence-electron chi connectivity index (χ2n) is 3.20. The zero-order valence-electron chi connectivity index (χ0n) is 9.03. The molecule has 0 bridgehead atoms. The molecule has 1 aromatic rings. The van der Waals surface area contributed by atoms with Gasteiger partial charge < -0.3 is 9.88 Å². The second-order valence-corrected chi connectivity index (χ2v) is 3.20. The van der Waals surface area contributed by atoms with Crippen molar-refractivity contribution in [3.63, 3.8) is 0 Å². The lowest BCUT2D eigenvalue weighted by molar-refractivity contribution is -0.121. The molecular formula is C11H15N3O. The van der Waals surface area contributed by atoms with Gasteiger partial charge in [-0.2, -0.15) is 0 Å². The number of rotatable bonds is 3. The number of hydrogen-bond acceptors (Lipinski definition) is 2. The molecule has 4 heteroatoms. The Morgan fingerprint density at radius 3 is 3.07 bits per heavy atom. The minimum absolute atomic E-state index is 0.0273. The fraction of sp³-hybridized carbons (Fsp3) is 0.455. The van der Waals surface area contributed by atoms with Gasteiger partial charge in [-0.05, 0) is 6.92 Å². The lowest BCUT2D eigenvalue weighted by Crippen LogP contribution is -2.30. The highest BCUT2D eigenvalue weighted by Gasteiger charge is 1.99. The lowest BCUT2D eigenvalue weighted by Gasteiger charge is -2.05. The van der Waals surface area contributed by atoms with Crippen LogP contribution < -0.4 is 5.32 Å². The quantitative estimate of drug-likeness (QED) is 0.742. The number of nitrogens with zero attached hydrogens (tertiary/aromatic N) is 2. The molecule has 1 atom stereocenters. The summed E-state index contributed by atoms with van der Waals surface area (Å²) in [6, 6.07) is -0.0963. The molecule has 1 N–H and O–H groups in total. The molecule has 1 unspecified atom stereocenters. The van der Waals surface area contributed by atoms with Crippen LogP contribution in [0.15, 0.2) is 18.7 Å². The van der Waals surface area contributed by atoms with Crippen molar-refractivity contribution in [3.8, 4) is 11.8 Å². The highest BCUT2D eigenvalue weighted by molar-refractivity contribution is 5.76. The summed E-state index contributed by atoms with van der Waals surface area (Å²) in [5.74, 6) is 5.96. The second kappa shape index (κ2) is 5.86. The van der Waals surface area contributed by atoms with E-state index in [1.807, 2.05) is 24.6 Å². The predicted molar refractivity (Wildman–Crippen MR) is 57.9 cm³/mol. The summed E-state index contributed by atoms with van der Waals surface area (Å²) in [4.78, 5) is 14.9. The minimum Gasteiger partial charge on any atom is -0.343 e. The molecule has 80 valence electrons. The van der Waals surface area contributed by atoms with Crippen molar-refractivity contribution in [2.24, 2.45) is 0 Å². The van der Waals surface area contributed by atoms with E-state index in [2.05, 4.69) is 22.1 Å². The summed E-state index contributed by atoms with van der Waals surface area (Å²) in [6.07, 6.45) is 5.77. The molecular weight excluding hydrogens is 190 g/mol. The first kappa shape index (κ1) is 11.3. The van der Waals surface area contributed by atoms with E-state index in [9.17, 15) is 4.79 Å². The molecule has 0 fully saturated rings. The van der Waals surface area contributed by atoms with E-state index in [0.717, 1.165) is 0 Å². The fourth-order valence-corrected chi connectivity index (χ4v) is 1.05. The van der Waals surface area contributed by atoms with E-state index in [-0.39, 0.29) is 11.9 Å². The summed E-state index contributed by atoms with van der Waals surface area (Å²) >= 11 is 0. The van der Waals surface area contributed by atoms with Gasteiger partial charge >= 0.3 is 0 Å². The third-order valence-corrected chi connectivity index (χ3v) is 1.84. The predicted octanol–water partition coefficient (Wildman–Crippen LogP) is 0.801. The Morgan fingerprint density at radius 2 is 2.47 bits per heavy atom. The van der Waals surface area contributed by atoms with Crippen LogP contribution in [0.1, 0.15) is 20.3 Å². The van der Waals surface area contributed by atoms with E-state index in [0.29, 0.717) is 13.0 Å². The van der Waals surface area contributed by atoms with Crippen LogP contribution in [0, 0.1) is 11.8 Å². The number of aromatic nitrogens is 2. The summed E-state index contributed by atoms with van der Waals surface area (Å²) in [7, 11) is 0. The third-order valence-electron chi connectivity index (χ3n) is 1.84. The lowest BCUT2D eigenvalue weighted by atomic mass is 10.3. The van der Waals surface area contributed by atoms with E-state index < -0.39 is 0 Å². The van der Waals surface area contributed by atoms with Gasteiger partial charge in [-0.15, -0.1) is 0 Å². The zero-order chi connectivity index (χ0) is 11.1. The molecule has 0 aliphatic heterocycles. The molecule has 0 aliphatic rings. The molecule has 1 amide bonds. The highest BCUT2D eigenvalue weighted by atomic mass is 16.1. The van der Waals surface area contributed by atoms with Crippen molar-refractivity contribution >= 4 is 5.91 Å². The van der Waals surface area contributed by atoms with Crippen LogP contribution in [-0.2, 0) is 11.3 Å². The van der Waals surface area contributed by atoms with Crippen molar-refractivity contribution in [3.05, 3.63) is 18.7 Å². The Labute approximate surface area is 89.7 Å². The van der Waals surface area contributed by atoms with Crippen LogP contribution in [0.3, 0.4) is 0 Å². The Morgan fingerprint density at radius 1 is 1.67 bits per heavy atom. The molecule has 15 heavy (non-hydrogen) atoms. The molecule has 0 spiro atoms. The van der Waals surface area contributed by atoms with Gasteiger partial charge in [0.05, 0.1) is 18.9 Å². The van der Waals surface area contributed by atoms with Gasteiger partial charge in [0.2, 0.25) is 5.91 Å². The average Bonchev–Trinajstić information content (AvgIpc) is 2.70. The normalized spacial score (nSPS) is 11.3. The average molecular weight is 205 g/mol. The maximum atomic E-state index is 11.0. The standard InChI is InChI=1S/C11H15N3O/c1-3-11(15)13-10(2)5-4-7-14-8-6-12-9-14/h6,8-10H,3,7H2,1-2H3,(H,13,15).